The molecule has 0 radical (unpaired) electrons. The van der Waals surface area contributed by atoms with E-state index in [-0.39, 0.29) is 17.8 Å². The van der Waals surface area contributed by atoms with Crippen LogP contribution in [0.5, 0.6) is 11.5 Å². The minimum absolute atomic E-state index is 0.0748. The van der Waals surface area contributed by atoms with Crippen LogP contribution in [0.1, 0.15) is 114 Å². The van der Waals surface area contributed by atoms with Gasteiger partial charge in [0.05, 0.1) is 5.41 Å². The molecule has 2 heterocycles. The van der Waals surface area contributed by atoms with Crippen molar-refractivity contribution in [3.63, 3.8) is 0 Å². The van der Waals surface area contributed by atoms with Gasteiger partial charge in [0.2, 0.25) is 0 Å². The van der Waals surface area contributed by atoms with Crippen LogP contribution in [0.15, 0.2) is 107 Å². The van der Waals surface area contributed by atoms with E-state index in [0.717, 1.165) is 100 Å². The highest BCUT2D eigenvalue weighted by molar-refractivity contribution is 7.99. The number of carbonyl (C=O) groups is 2. The summed E-state index contributed by atoms with van der Waals surface area (Å²) in [5, 5.41) is 0. The average Bonchev–Trinajstić information content (AvgIpc) is 3.17. The lowest BCUT2D eigenvalue weighted by molar-refractivity contribution is -0.174. The van der Waals surface area contributed by atoms with E-state index in [1.54, 1.807) is 18.7 Å². The Morgan fingerprint density at radius 2 is 1.19 bits per heavy atom. The summed E-state index contributed by atoms with van der Waals surface area (Å²) in [6, 6.07) is 29.5. The molecule has 4 aliphatic rings. The van der Waals surface area contributed by atoms with Gasteiger partial charge in [-0.15, -0.1) is 0 Å². The van der Waals surface area contributed by atoms with E-state index in [0.29, 0.717) is 11.3 Å². The minimum atomic E-state index is -1.03. The molecule has 0 N–H and O–H groups in total. The van der Waals surface area contributed by atoms with Crippen LogP contribution in [0, 0.1) is 17.3 Å². The van der Waals surface area contributed by atoms with Gasteiger partial charge in [-0.2, -0.15) is 0 Å². The molecule has 4 aromatic rings. The van der Waals surface area contributed by atoms with Crippen LogP contribution >= 0.6 is 11.8 Å². The van der Waals surface area contributed by atoms with Crippen LogP contribution in [-0.4, -0.2) is 11.9 Å². The van der Waals surface area contributed by atoms with Gasteiger partial charge >= 0.3 is 11.9 Å². The van der Waals surface area contributed by atoms with Crippen molar-refractivity contribution in [1.82, 2.24) is 0 Å². The molecule has 2 aliphatic heterocycles. The molecule has 53 heavy (non-hydrogen) atoms. The van der Waals surface area contributed by atoms with Crippen LogP contribution in [-0.2, 0) is 30.3 Å². The number of carbonyl (C=O) groups excluding carboxylic acids is 2. The van der Waals surface area contributed by atoms with E-state index in [1.165, 1.54) is 12.8 Å². The molecule has 2 saturated carbocycles. The number of fused-ring (bicyclic) bond motifs is 4. The van der Waals surface area contributed by atoms with Crippen molar-refractivity contribution < 1.29 is 23.8 Å². The largest absolute Gasteiger partial charge is 0.456 e. The molecule has 0 aromatic heterocycles. The Morgan fingerprint density at radius 1 is 0.660 bits per heavy atom. The number of hydrogen-bond donors (Lipinski definition) is 0. The lowest BCUT2D eigenvalue weighted by atomic mass is 9.67. The molecule has 2 aliphatic carbocycles. The van der Waals surface area contributed by atoms with Crippen LogP contribution in [0.3, 0.4) is 0 Å². The number of rotatable bonds is 6. The molecule has 274 valence electrons. The normalized spacial score (nSPS) is 22.6. The summed E-state index contributed by atoms with van der Waals surface area (Å²) in [7, 11) is 0. The van der Waals surface area contributed by atoms with Gasteiger partial charge in [-0.25, -0.2) is 4.79 Å². The monoisotopic (exact) mass is 726 g/mol. The van der Waals surface area contributed by atoms with Crippen molar-refractivity contribution in [3.05, 3.63) is 119 Å². The Hall–Kier alpha value is -4.29. The standard InChI is InChI=1S/C47H50O5S/c1-30(2)43(48)51-46(33-16-8-6-9-17-33)35-20-12-14-22-39(35)50-40-26-24-31(28-37(40)46)32-25-27-42-38(29-32)47(34-18-10-7-11-19-34,52-44(49)45(3,4)5)36-21-13-15-23-41(36)53-42/h12-15,20-29,33-34H,1,6-11,16-19H2,2-5H3. The molecule has 5 nitrogen and oxygen atoms in total. The van der Waals surface area contributed by atoms with E-state index >= 15 is 0 Å². The summed E-state index contributed by atoms with van der Waals surface area (Å²) in [6.45, 7) is 11.5. The predicted octanol–water partition coefficient (Wildman–Crippen LogP) is 12.3. The lowest BCUT2D eigenvalue weighted by Gasteiger charge is -2.47. The highest BCUT2D eigenvalue weighted by Crippen LogP contribution is 2.59. The third kappa shape index (κ3) is 6.11. The van der Waals surface area contributed by atoms with Gasteiger partial charge in [-0.1, -0.05) is 105 Å². The zero-order valence-corrected chi connectivity index (χ0v) is 32.3. The van der Waals surface area contributed by atoms with Crippen molar-refractivity contribution in [2.24, 2.45) is 17.3 Å². The molecule has 0 spiro atoms. The first-order chi connectivity index (χ1) is 25.5. The van der Waals surface area contributed by atoms with E-state index in [1.807, 2.05) is 45.0 Å². The maximum atomic E-state index is 14.1. The van der Waals surface area contributed by atoms with Gasteiger partial charge < -0.3 is 14.2 Å². The second-order valence-corrected chi connectivity index (χ2v) is 17.7. The molecule has 0 amide bonds. The van der Waals surface area contributed by atoms with Crippen molar-refractivity contribution in [2.45, 2.75) is 113 Å². The van der Waals surface area contributed by atoms with E-state index in [2.05, 4.69) is 67.2 Å². The summed E-state index contributed by atoms with van der Waals surface area (Å²) >= 11 is 1.75. The molecule has 0 saturated heterocycles. The van der Waals surface area contributed by atoms with Gasteiger partial charge in [0.25, 0.3) is 0 Å². The molecule has 0 bridgehead atoms. The topological polar surface area (TPSA) is 61.8 Å². The van der Waals surface area contributed by atoms with Gasteiger partial charge in [-0.3, -0.25) is 4.79 Å². The Bertz CT molecular complexity index is 2080. The first kappa shape index (κ1) is 35.7. The van der Waals surface area contributed by atoms with Crippen molar-refractivity contribution in [2.75, 3.05) is 0 Å². The number of benzene rings is 4. The van der Waals surface area contributed by atoms with Crippen LogP contribution in [0.25, 0.3) is 11.1 Å². The summed E-state index contributed by atoms with van der Waals surface area (Å²) in [5.74, 6) is 1.05. The SMILES string of the molecule is C=C(C)C(=O)OC1(C2CCCCC2)c2ccccc2Oc2ccc(-c3ccc4c(c3)C(OC(=O)C(C)(C)C)(C3CCCCC3)c3ccccc3S4)cc21. The molecule has 4 aromatic carbocycles. The minimum Gasteiger partial charge on any atom is -0.456 e. The van der Waals surface area contributed by atoms with Gasteiger partial charge in [0, 0.05) is 49.5 Å². The Kier molecular flexibility index (Phi) is 9.33. The molecule has 6 heteroatoms. The number of hydrogen-bond acceptors (Lipinski definition) is 6. The number of para-hydroxylation sites is 1. The van der Waals surface area contributed by atoms with Gasteiger partial charge in [0.1, 0.15) is 11.5 Å². The fourth-order valence-corrected chi connectivity index (χ4v) is 10.4. The third-order valence-electron chi connectivity index (χ3n) is 11.9. The maximum absolute atomic E-state index is 14.1. The molecule has 2 fully saturated rings. The molecular weight excluding hydrogens is 677 g/mol. The molecule has 2 atom stereocenters. The number of esters is 2. The predicted molar refractivity (Wildman–Crippen MR) is 210 cm³/mol. The fourth-order valence-electron chi connectivity index (χ4n) is 9.25. The number of ether oxygens (including phenoxy) is 3. The highest BCUT2D eigenvalue weighted by atomic mass is 32.2. The third-order valence-corrected chi connectivity index (χ3v) is 13.1. The Morgan fingerprint density at radius 3 is 1.83 bits per heavy atom. The Balaban J connectivity index is 1.33. The average molecular weight is 727 g/mol. The van der Waals surface area contributed by atoms with Crippen LogP contribution in [0.4, 0.5) is 0 Å². The molecule has 8 rings (SSSR count). The summed E-state index contributed by atoms with van der Waals surface area (Å²) in [5.41, 5.74) is 3.64. The lowest BCUT2D eigenvalue weighted by Crippen LogP contribution is -2.46. The Labute approximate surface area is 318 Å². The second-order valence-electron chi connectivity index (χ2n) is 16.6. The summed E-state index contributed by atoms with van der Waals surface area (Å²) < 4.78 is 20.4. The first-order valence-corrected chi connectivity index (χ1v) is 20.3. The fraction of sp³-hybridized carbons (Fsp3) is 0.404. The highest BCUT2D eigenvalue weighted by Gasteiger charge is 2.53. The zero-order valence-electron chi connectivity index (χ0n) is 31.5. The zero-order chi connectivity index (χ0) is 37.0. The van der Waals surface area contributed by atoms with Crippen LogP contribution in [0.2, 0.25) is 0 Å². The molecule has 2 unspecified atom stereocenters. The van der Waals surface area contributed by atoms with E-state index < -0.39 is 22.6 Å². The molecular formula is C47H50O5S. The van der Waals surface area contributed by atoms with Gasteiger partial charge in [-0.05, 0) is 101 Å². The van der Waals surface area contributed by atoms with E-state index in [9.17, 15) is 9.59 Å². The van der Waals surface area contributed by atoms with E-state index in [4.69, 9.17) is 14.2 Å². The maximum Gasteiger partial charge on any atom is 0.334 e. The first-order valence-electron chi connectivity index (χ1n) is 19.5. The van der Waals surface area contributed by atoms with Crippen molar-refractivity contribution >= 4 is 23.7 Å². The summed E-state index contributed by atoms with van der Waals surface area (Å²) in [4.78, 5) is 30.0. The van der Waals surface area contributed by atoms with Gasteiger partial charge in [0.15, 0.2) is 11.2 Å². The van der Waals surface area contributed by atoms with Crippen molar-refractivity contribution in [1.29, 1.82) is 0 Å². The second kappa shape index (κ2) is 13.8. The summed E-state index contributed by atoms with van der Waals surface area (Å²) in [6.07, 6.45) is 10.6. The smallest absolute Gasteiger partial charge is 0.334 e. The van der Waals surface area contributed by atoms with Crippen molar-refractivity contribution in [3.8, 4) is 22.6 Å². The quantitative estimate of drug-likeness (QED) is 0.146. The van der Waals surface area contributed by atoms with Crippen LogP contribution < -0.4 is 4.74 Å².